The minimum absolute atomic E-state index is 0.0291. The largest absolute Gasteiger partial charge is 0.375 e. The predicted molar refractivity (Wildman–Crippen MR) is 69.4 cm³/mol. The smallest absolute Gasteiger partial charge is 0.0946 e. The van der Waals surface area contributed by atoms with Crippen LogP contribution in [-0.2, 0) is 4.74 Å². The van der Waals surface area contributed by atoms with Gasteiger partial charge in [0, 0.05) is 29.7 Å². The van der Waals surface area contributed by atoms with Crippen molar-refractivity contribution in [3.63, 3.8) is 0 Å². The number of halogens is 2. The van der Waals surface area contributed by atoms with Gasteiger partial charge in [0.1, 0.15) is 0 Å². The summed E-state index contributed by atoms with van der Waals surface area (Å²) in [6.45, 7) is 4.93. The lowest BCUT2D eigenvalue weighted by molar-refractivity contribution is 0.100. The van der Waals surface area contributed by atoms with Crippen molar-refractivity contribution in [2.24, 2.45) is 0 Å². The van der Waals surface area contributed by atoms with E-state index in [1.807, 2.05) is 12.1 Å². The summed E-state index contributed by atoms with van der Waals surface area (Å²) in [6.07, 6.45) is -0.0291. The molecule has 0 saturated heterocycles. The van der Waals surface area contributed by atoms with Gasteiger partial charge in [-0.25, -0.2) is 0 Å². The summed E-state index contributed by atoms with van der Waals surface area (Å²) in [6, 6.07) is 5.90. The number of ether oxygens (including phenoxy) is 1. The molecule has 1 unspecified atom stereocenters. The fourth-order valence-corrected chi connectivity index (χ4v) is 1.98. The topological polar surface area (TPSA) is 21.3 Å². The molecule has 0 fully saturated rings. The van der Waals surface area contributed by atoms with Crippen LogP contribution in [0.15, 0.2) is 18.2 Å². The van der Waals surface area contributed by atoms with Gasteiger partial charge >= 0.3 is 0 Å². The van der Waals surface area contributed by atoms with Gasteiger partial charge in [-0.2, -0.15) is 0 Å². The zero-order valence-corrected chi connectivity index (χ0v) is 11.3. The highest BCUT2D eigenvalue weighted by molar-refractivity contribution is 6.34. The van der Waals surface area contributed by atoms with Crippen molar-refractivity contribution in [1.29, 1.82) is 0 Å². The Balaban J connectivity index is 2.78. The zero-order chi connectivity index (χ0) is 12.1. The van der Waals surface area contributed by atoms with Gasteiger partial charge in [-0.15, -0.1) is 0 Å². The van der Waals surface area contributed by atoms with Crippen molar-refractivity contribution in [2.75, 3.05) is 13.7 Å². The van der Waals surface area contributed by atoms with Gasteiger partial charge in [0.2, 0.25) is 0 Å². The first kappa shape index (κ1) is 13.8. The SMILES string of the molecule is COC(CNC(C)C)c1cc(Cl)cc(Cl)c1. The second-order valence-electron chi connectivity index (χ2n) is 3.99. The maximum absolute atomic E-state index is 5.95. The van der Waals surface area contributed by atoms with E-state index < -0.39 is 0 Å². The average molecular weight is 262 g/mol. The monoisotopic (exact) mass is 261 g/mol. The number of hydrogen-bond acceptors (Lipinski definition) is 2. The first-order valence-electron chi connectivity index (χ1n) is 5.25. The minimum atomic E-state index is -0.0291. The first-order chi connectivity index (χ1) is 7.52. The van der Waals surface area contributed by atoms with Crippen LogP contribution in [0, 0.1) is 0 Å². The molecule has 0 heterocycles. The molecule has 4 heteroatoms. The van der Waals surface area contributed by atoms with E-state index >= 15 is 0 Å². The highest BCUT2D eigenvalue weighted by Gasteiger charge is 2.12. The van der Waals surface area contributed by atoms with Crippen LogP contribution in [0.5, 0.6) is 0 Å². The summed E-state index contributed by atoms with van der Waals surface area (Å²) in [5.74, 6) is 0. The summed E-state index contributed by atoms with van der Waals surface area (Å²) in [5.41, 5.74) is 0.994. The van der Waals surface area contributed by atoms with E-state index in [0.29, 0.717) is 16.1 Å². The molecular weight excluding hydrogens is 245 g/mol. The maximum Gasteiger partial charge on any atom is 0.0946 e. The molecule has 90 valence electrons. The van der Waals surface area contributed by atoms with Crippen LogP contribution < -0.4 is 5.32 Å². The van der Waals surface area contributed by atoms with Crippen LogP contribution in [0.4, 0.5) is 0 Å². The van der Waals surface area contributed by atoms with Crippen molar-refractivity contribution in [3.8, 4) is 0 Å². The second-order valence-corrected chi connectivity index (χ2v) is 4.86. The fraction of sp³-hybridized carbons (Fsp3) is 0.500. The molecule has 0 amide bonds. The lowest BCUT2D eigenvalue weighted by Crippen LogP contribution is -2.28. The molecule has 0 radical (unpaired) electrons. The molecule has 0 spiro atoms. The van der Waals surface area contributed by atoms with E-state index in [2.05, 4.69) is 19.2 Å². The molecule has 1 atom stereocenters. The summed E-state index contributed by atoms with van der Waals surface area (Å²) >= 11 is 11.9. The standard InChI is InChI=1S/C12H17Cl2NO/c1-8(2)15-7-12(16-3)9-4-10(13)6-11(14)5-9/h4-6,8,12,15H,7H2,1-3H3. The molecule has 1 rings (SSSR count). The van der Waals surface area contributed by atoms with E-state index in [9.17, 15) is 0 Å². The van der Waals surface area contributed by atoms with E-state index in [1.54, 1.807) is 13.2 Å². The number of rotatable bonds is 5. The number of nitrogens with one attached hydrogen (secondary N) is 1. The highest BCUT2D eigenvalue weighted by Crippen LogP contribution is 2.24. The van der Waals surface area contributed by atoms with Crippen LogP contribution in [0.1, 0.15) is 25.5 Å². The summed E-state index contributed by atoms with van der Waals surface area (Å²) in [7, 11) is 1.68. The Morgan fingerprint density at radius 2 is 1.75 bits per heavy atom. The molecule has 1 aromatic rings. The molecule has 1 N–H and O–H groups in total. The minimum Gasteiger partial charge on any atom is -0.375 e. The van der Waals surface area contributed by atoms with Crippen LogP contribution in [0.25, 0.3) is 0 Å². The summed E-state index contributed by atoms with van der Waals surface area (Å²) < 4.78 is 5.42. The van der Waals surface area contributed by atoms with Crippen LogP contribution >= 0.6 is 23.2 Å². The molecule has 0 aliphatic carbocycles. The van der Waals surface area contributed by atoms with Gasteiger partial charge in [-0.3, -0.25) is 0 Å². The van der Waals surface area contributed by atoms with E-state index in [4.69, 9.17) is 27.9 Å². The molecule has 0 aromatic heterocycles. The van der Waals surface area contributed by atoms with E-state index in [1.165, 1.54) is 0 Å². The van der Waals surface area contributed by atoms with Crippen LogP contribution in [-0.4, -0.2) is 19.7 Å². The van der Waals surface area contributed by atoms with Crippen molar-refractivity contribution >= 4 is 23.2 Å². The lowest BCUT2D eigenvalue weighted by Gasteiger charge is -2.18. The van der Waals surface area contributed by atoms with Gasteiger partial charge in [0.25, 0.3) is 0 Å². The molecule has 16 heavy (non-hydrogen) atoms. The second kappa shape index (κ2) is 6.45. The van der Waals surface area contributed by atoms with Gasteiger partial charge in [-0.05, 0) is 23.8 Å². The summed E-state index contributed by atoms with van der Waals surface area (Å²) in [4.78, 5) is 0. The van der Waals surface area contributed by atoms with Gasteiger partial charge in [0.05, 0.1) is 6.10 Å². The Bertz CT molecular complexity index is 322. The molecule has 0 aliphatic rings. The lowest BCUT2D eigenvalue weighted by atomic mass is 10.1. The third-order valence-electron chi connectivity index (χ3n) is 2.25. The number of methoxy groups -OCH3 is 1. The first-order valence-corrected chi connectivity index (χ1v) is 6.00. The van der Waals surface area contributed by atoms with Crippen LogP contribution in [0.3, 0.4) is 0 Å². The normalized spacial score (nSPS) is 13.1. The summed E-state index contributed by atoms with van der Waals surface area (Å²) in [5, 5.41) is 4.59. The highest BCUT2D eigenvalue weighted by atomic mass is 35.5. The Kier molecular flexibility index (Phi) is 5.56. The molecule has 0 saturated carbocycles. The Morgan fingerprint density at radius 1 is 1.19 bits per heavy atom. The number of benzene rings is 1. The van der Waals surface area contributed by atoms with Crippen molar-refractivity contribution in [1.82, 2.24) is 5.32 Å². The van der Waals surface area contributed by atoms with E-state index in [-0.39, 0.29) is 6.10 Å². The Hall–Kier alpha value is -0.280. The Morgan fingerprint density at radius 3 is 2.19 bits per heavy atom. The van der Waals surface area contributed by atoms with Crippen LogP contribution in [0.2, 0.25) is 10.0 Å². The fourth-order valence-electron chi connectivity index (χ4n) is 1.44. The van der Waals surface area contributed by atoms with E-state index in [0.717, 1.165) is 12.1 Å². The average Bonchev–Trinajstić information content (AvgIpc) is 2.16. The van der Waals surface area contributed by atoms with Crippen molar-refractivity contribution < 1.29 is 4.74 Å². The van der Waals surface area contributed by atoms with Gasteiger partial charge in [0.15, 0.2) is 0 Å². The molecule has 1 aromatic carbocycles. The third kappa shape index (κ3) is 4.30. The molecule has 2 nitrogen and oxygen atoms in total. The quantitative estimate of drug-likeness (QED) is 0.874. The van der Waals surface area contributed by atoms with Crippen molar-refractivity contribution in [3.05, 3.63) is 33.8 Å². The molecular formula is C12H17Cl2NO. The van der Waals surface area contributed by atoms with Gasteiger partial charge in [-0.1, -0.05) is 37.0 Å². The Labute approximate surface area is 107 Å². The molecule has 0 bridgehead atoms. The third-order valence-corrected chi connectivity index (χ3v) is 2.69. The zero-order valence-electron chi connectivity index (χ0n) is 9.76. The molecule has 0 aliphatic heterocycles. The predicted octanol–water partition coefficient (Wildman–Crippen LogP) is 3.68. The van der Waals surface area contributed by atoms with Crippen molar-refractivity contribution in [2.45, 2.75) is 26.0 Å². The number of hydrogen-bond donors (Lipinski definition) is 1. The van der Waals surface area contributed by atoms with Gasteiger partial charge < -0.3 is 10.1 Å². The maximum atomic E-state index is 5.95.